The topological polar surface area (TPSA) is 93.0 Å². The number of nitrogens with two attached hydrogens (primary N) is 2. The zero-order valence-corrected chi connectivity index (χ0v) is 13.6. The molecule has 0 aliphatic rings. The Hall–Kier alpha value is -3.40. The third-order valence-electron chi connectivity index (χ3n) is 4.17. The molecule has 1 unspecified atom stereocenters. The molecule has 4 heteroatoms. The Morgan fingerprint density at radius 1 is 0.840 bits per heavy atom. The molecule has 0 aliphatic heterocycles. The van der Waals surface area contributed by atoms with Crippen LogP contribution < -0.4 is 11.5 Å². The number of carbonyl (C=O) groups excluding carboxylic acids is 1. The first kappa shape index (κ1) is 16.5. The standard InChI is InChI=1S/C21H19N3O/c22-20(23)16-10-6-9-15(13-16)17-11-4-5-12-18(17)19(21(24)25)14-7-2-1-3-8-14/h1-13,19H,(H3,22,23)(H2,24,25). The molecule has 124 valence electrons. The molecule has 0 spiro atoms. The van der Waals surface area contributed by atoms with E-state index in [2.05, 4.69) is 0 Å². The van der Waals surface area contributed by atoms with Crippen molar-refractivity contribution >= 4 is 11.7 Å². The summed E-state index contributed by atoms with van der Waals surface area (Å²) in [4.78, 5) is 12.2. The van der Waals surface area contributed by atoms with E-state index >= 15 is 0 Å². The van der Waals surface area contributed by atoms with Crippen LogP contribution in [-0.4, -0.2) is 11.7 Å². The second kappa shape index (κ2) is 7.01. The lowest BCUT2D eigenvalue weighted by molar-refractivity contribution is -0.118. The van der Waals surface area contributed by atoms with Crippen LogP contribution in [0.4, 0.5) is 0 Å². The predicted octanol–water partition coefficient (Wildman–Crippen LogP) is 3.25. The predicted molar refractivity (Wildman–Crippen MR) is 100 cm³/mol. The van der Waals surface area contributed by atoms with Crippen LogP contribution in [0.1, 0.15) is 22.6 Å². The number of hydrogen-bond acceptors (Lipinski definition) is 2. The van der Waals surface area contributed by atoms with Crippen molar-refractivity contribution in [2.45, 2.75) is 5.92 Å². The third kappa shape index (κ3) is 3.43. The van der Waals surface area contributed by atoms with Crippen LogP contribution in [-0.2, 0) is 4.79 Å². The van der Waals surface area contributed by atoms with Gasteiger partial charge in [-0.05, 0) is 28.3 Å². The maximum absolute atomic E-state index is 12.2. The van der Waals surface area contributed by atoms with E-state index in [1.165, 1.54) is 0 Å². The molecule has 1 atom stereocenters. The molecule has 3 aromatic rings. The first-order chi connectivity index (χ1) is 12.1. The molecule has 0 fully saturated rings. The molecule has 0 saturated heterocycles. The lowest BCUT2D eigenvalue weighted by Crippen LogP contribution is -2.23. The van der Waals surface area contributed by atoms with Gasteiger partial charge in [0.2, 0.25) is 5.91 Å². The average Bonchev–Trinajstić information content (AvgIpc) is 2.63. The molecule has 0 radical (unpaired) electrons. The Balaban J connectivity index is 2.17. The fraction of sp³-hybridized carbons (Fsp3) is 0.0476. The van der Waals surface area contributed by atoms with E-state index < -0.39 is 11.8 Å². The highest BCUT2D eigenvalue weighted by Crippen LogP contribution is 2.33. The number of benzene rings is 3. The van der Waals surface area contributed by atoms with Crippen LogP contribution in [0.3, 0.4) is 0 Å². The minimum atomic E-state index is -0.543. The van der Waals surface area contributed by atoms with Gasteiger partial charge in [-0.15, -0.1) is 0 Å². The molecule has 0 aliphatic carbocycles. The van der Waals surface area contributed by atoms with Crippen LogP contribution >= 0.6 is 0 Å². The first-order valence-electron chi connectivity index (χ1n) is 7.96. The van der Waals surface area contributed by atoms with Crippen molar-refractivity contribution in [3.05, 3.63) is 95.6 Å². The summed E-state index contributed by atoms with van der Waals surface area (Å²) in [6.45, 7) is 0. The molecule has 3 rings (SSSR count). The summed E-state index contributed by atoms with van der Waals surface area (Å²) in [5.41, 5.74) is 15.5. The Kier molecular flexibility index (Phi) is 4.61. The number of hydrogen-bond donors (Lipinski definition) is 3. The van der Waals surface area contributed by atoms with Crippen LogP contribution in [0.25, 0.3) is 11.1 Å². The molecule has 0 heterocycles. The van der Waals surface area contributed by atoms with Crippen molar-refractivity contribution in [1.82, 2.24) is 0 Å². The van der Waals surface area contributed by atoms with Crippen LogP contribution in [0, 0.1) is 5.41 Å². The van der Waals surface area contributed by atoms with Gasteiger partial charge < -0.3 is 11.5 Å². The maximum Gasteiger partial charge on any atom is 0.229 e. The van der Waals surface area contributed by atoms with Crippen LogP contribution in [0.5, 0.6) is 0 Å². The number of nitrogens with one attached hydrogen (secondary N) is 1. The maximum atomic E-state index is 12.2. The fourth-order valence-corrected chi connectivity index (χ4v) is 3.01. The number of primary amides is 1. The zero-order chi connectivity index (χ0) is 17.8. The quantitative estimate of drug-likeness (QED) is 0.495. The minimum absolute atomic E-state index is 0.00819. The minimum Gasteiger partial charge on any atom is -0.384 e. The smallest absolute Gasteiger partial charge is 0.229 e. The normalized spacial score (nSPS) is 11.7. The number of carbonyl (C=O) groups is 1. The van der Waals surface area contributed by atoms with E-state index in [-0.39, 0.29) is 5.84 Å². The van der Waals surface area contributed by atoms with Gasteiger partial charge in [0.25, 0.3) is 0 Å². The van der Waals surface area contributed by atoms with Gasteiger partial charge in [-0.1, -0.05) is 72.8 Å². The molecule has 0 aromatic heterocycles. The van der Waals surface area contributed by atoms with Gasteiger partial charge in [0.15, 0.2) is 0 Å². The SMILES string of the molecule is N=C(N)c1cccc(-c2ccccc2C(C(N)=O)c2ccccc2)c1. The molecule has 25 heavy (non-hydrogen) atoms. The van der Waals surface area contributed by atoms with E-state index in [0.717, 1.165) is 22.3 Å². The van der Waals surface area contributed by atoms with Gasteiger partial charge in [-0.3, -0.25) is 10.2 Å². The summed E-state index contributed by atoms with van der Waals surface area (Å²) < 4.78 is 0. The highest BCUT2D eigenvalue weighted by molar-refractivity contribution is 5.96. The molecular formula is C21H19N3O. The summed E-state index contributed by atoms with van der Waals surface area (Å²) in [7, 11) is 0. The summed E-state index contributed by atoms with van der Waals surface area (Å²) >= 11 is 0. The van der Waals surface area contributed by atoms with Crippen molar-refractivity contribution in [3.8, 4) is 11.1 Å². The molecule has 4 nitrogen and oxygen atoms in total. The van der Waals surface area contributed by atoms with Crippen LogP contribution in [0.2, 0.25) is 0 Å². The van der Waals surface area contributed by atoms with E-state index in [1.807, 2.05) is 72.8 Å². The number of amides is 1. The Morgan fingerprint density at radius 3 is 2.20 bits per heavy atom. The van der Waals surface area contributed by atoms with Crippen molar-refractivity contribution in [1.29, 1.82) is 5.41 Å². The second-order valence-corrected chi connectivity index (χ2v) is 5.83. The van der Waals surface area contributed by atoms with Gasteiger partial charge in [0.05, 0.1) is 5.92 Å². The van der Waals surface area contributed by atoms with Crippen LogP contribution in [0.15, 0.2) is 78.9 Å². The summed E-state index contributed by atoms with van der Waals surface area (Å²) in [6.07, 6.45) is 0. The monoisotopic (exact) mass is 329 g/mol. The van der Waals surface area contributed by atoms with E-state index in [9.17, 15) is 4.79 Å². The molecule has 1 amide bonds. The van der Waals surface area contributed by atoms with E-state index in [4.69, 9.17) is 16.9 Å². The largest absolute Gasteiger partial charge is 0.384 e. The summed E-state index contributed by atoms with van der Waals surface area (Å²) in [5, 5.41) is 7.64. The highest BCUT2D eigenvalue weighted by atomic mass is 16.1. The van der Waals surface area contributed by atoms with E-state index in [0.29, 0.717) is 5.56 Å². The zero-order valence-electron chi connectivity index (χ0n) is 13.6. The molecule has 0 saturated carbocycles. The molecule has 3 aromatic carbocycles. The first-order valence-corrected chi connectivity index (χ1v) is 7.96. The van der Waals surface area contributed by atoms with Gasteiger partial charge in [0, 0.05) is 5.56 Å². The second-order valence-electron chi connectivity index (χ2n) is 5.83. The lowest BCUT2D eigenvalue weighted by atomic mass is 9.85. The van der Waals surface area contributed by atoms with Crippen molar-refractivity contribution in [2.24, 2.45) is 11.5 Å². The highest BCUT2D eigenvalue weighted by Gasteiger charge is 2.23. The Labute approximate surface area is 146 Å². The summed E-state index contributed by atoms with van der Waals surface area (Å²) in [5.74, 6) is -0.936. The van der Waals surface area contributed by atoms with Crippen molar-refractivity contribution in [2.75, 3.05) is 0 Å². The Bertz CT molecular complexity index is 919. The lowest BCUT2D eigenvalue weighted by Gasteiger charge is -2.19. The van der Waals surface area contributed by atoms with Crippen molar-refractivity contribution < 1.29 is 4.79 Å². The van der Waals surface area contributed by atoms with Gasteiger partial charge in [-0.2, -0.15) is 0 Å². The van der Waals surface area contributed by atoms with Gasteiger partial charge in [-0.25, -0.2) is 0 Å². The fourth-order valence-electron chi connectivity index (χ4n) is 3.01. The van der Waals surface area contributed by atoms with Gasteiger partial charge >= 0.3 is 0 Å². The summed E-state index contributed by atoms with van der Waals surface area (Å²) in [6, 6.07) is 24.6. The molecular weight excluding hydrogens is 310 g/mol. The van der Waals surface area contributed by atoms with Gasteiger partial charge in [0.1, 0.15) is 5.84 Å². The number of amidine groups is 1. The average molecular weight is 329 g/mol. The van der Waals surface area contributed by atoms with E-state index in [1.54, 1.807) is 6.07 Å². The van der Waals surface area contributed by atoms with Crippen molar-refractivity contribution in [3.63, 3.8) is 0 Å². The number of rotatable bonds is 5. The third-order valence-corrected chi connectivity index (χ3v) is 4.17. The molecule has 5 N–H and O–H groups in total. The number of nitrogen functional groups attached to an aromatic ring is 1. The Morgan fingerprint density at radius 2 is 1.52 bits per heavy atom. The molecule has 0 bridgehead atoms.